The Balaban J connectivity index is 1.36. The number of nitriles is 3. The number of aromatic nitrogens is 2. The van der Waals surface area contributed by atoms with Gasteiger partial charge in [0.25, 0.3) is 0 Å². The van der Waals surface area contributed by atoms with Crippen LogP contribution >= 0.6 is 0 Å². The molecule has 10 heteroatoms. The highest BCUT2D eigenvalue weighted by Crippen LogP contribution is 2.46. The van der Waals surface area contributed by atoms with Crippen LogP contribution in [0.4, 0.5) is 24.5 Å². The van der Waals surface area contributed by atoms with Crippen molar-refractivity contribution in [1.29, 1.82) is 15.8 Å². The zero-order chi connectivity index (χ0) is 45.1. The van der Waals surface area contributed by atoms with Crippen LogP contribution in [0.1, 0.15) is 27.8 Å². The van der Waals surface area contributed by atoms with E-state index in [9.17, 15) is 29.0 Å². The van der Waals surface area contributed by atoms with Crippen LogP contribution in [0, 0.1) is 54.1 Å². The summed E-state index contributed by atoms with van der Waals surface area (Å²) < 4.78 is 47.1. The molecule has 0 N–H and O–H groups in total. The number of fused-ring (bicyclic) bond motifs is 6. The molecule has 0 unspecified atom stereocenters. The van der Waals surface area contributed by atoms with Crippen molar-refractivity contribution in [3.63, 3.8) is 0 Å². The van der Waals surface area contributed by atoms with Crippen molar-refractivity contribution in [1.82, 2.24) is 9.13 Å². The van der Waals surface area contributed by atoms with Gasteiger partial charge in [-0.05, 0) is 101 Å². The Hall–Kier alpha value is -9.40. The van der Waals surface area contributed by atoms with Crippen molar-refractivity contribution < 1.29 is 13.2 Å². The number of hydrogen-bond donors (Lipinski definition) is 0. The molecule has 0 radical (unpaired) electrons. The quantitative estimate of drug-likeness (QED) is 0.162. The van der Waals surface area contributed by atoms with Crippen LogP contribution < -0.4 is 0 Å². The summed E-state index contributed by atoms with van der Waals surface area (Å²) in [4.78, 5) is 7.27. The van der Waals surface area contributed by atoms with Gasteiger partial charge in [0.2, 0.25) is 0 Å². The maximum absolute atomic E-state index is 14.3. The number of hydrogen-bond acceptors (Lipinski definition) is 3. The average molecular weight is 844 g/mol. The average Bonchev–Trinajstić information content (AvgIpc) is 3.84. The SMILES string of the molecule is [C-]#[N+]c1ccc(-c2ccc3c4ccccc4n(-c4cc(C#N)cc(-n5c6ccccc6c6ccc(-c7ccc(C#N)cc7C#N)cc65)c4-c4ccc(C(F)(F)F)cc4C)c3c2)c([N+]#[C-])c1. The summed E-state index contributed by atoms with van der Waals surface area (Å²) in [5.41, 5.74) is 8.88. The molecule has 0 amide bonds. The van der Waals surface area contributed by atoms with Gasteiger partial charge in [0, 0.05) is 27.1 Å². The summed E-state index contributed by atoms with van der Waals surface area (Å²) in [6, 6.07) is 51.2. The molecule has 0 aliphatic carbocycles. The van der Waals surface area contributed by atoms with Crippen molar-refractivity contribution in [3.8, 4) is 63.0 Å². The third-order valence-corrected chi connectivity index (χ3v) is 12.0. The third kappa shape index (κ3) is 6.40. The first-order valence-electron chi connectivity index (χ1n) is 20.2. The Morgan fingerprint density at radius 3 is 1.60 bits per heavy atom. The van der Waals surface area contributed by atoms with Crippen LogP contribution in [0.5, 0.6) is 0 Å². The fraction of sp³-hybridized carbons (Fsp3) is 0.0364. The lowest BCUT2D eigenvalue weighted by Gasteiger charge is -2.22. The molecule has 65 heavy (non-hydrogen) atoms. The van der Waals surface area contributed by atoms with Gasteiger partial charge in [-0.2, -0.15) is 29.0 Å². The van der Waals surface area contributed by atoms with Gasteiger partial charge in [-0.25, -0.2) is 9.69 Å². The summed E-state index contributed by atoms with van der Waals surface area (Å²) >= 11 is 0. The van der Waals surface area contributed by atoms with Crippen molar-refractivity contribution in [2.45, 2.75) is 13.1 Å². The van der Waals surface area contributed by atoms with E-state index < -0.39 is 11.7 Å². The normalized spacial score (nSPS) is 11.3. The monoisotopic (exact) mass is 843 g/mol. The van der Waals surface area contributed by atoms with Crippen LogP contribution in [0.25, 0.3) is 98.1 Å². The van der Waals surface area contributed by atoms with Gasteiger partial charge in [-0.3, -0.25) is 0 Å². The molecule has 0 fully saturated rings. The summed E-state index contributed by atoms with van der Waals surface area (Å²) in [7, 11) is 0. The van der Waals surface area contributed by atoms with Crippen molar-refractivity contribution in [2.24, 2.45) is 0 Å². The second-order valence-corrected chi connectivity index (χ2v) is 15.6. The molecular formula is C55H28F3N7. The van der Waals surface area contributed by atoms with Gasteiger partial charge in [-0.1, -0.05) is 91.0 Å². The first-order chi connectivity index (χ1) is 31.5. The Kier molecular flexibility index (Phi) is 9.29. The molecule has 0 spiro atoms. The van der Waals surface area contributed by atoms with Crippen LogP contribution in [-0.4, -0.2) is 9.13 Å². The maximum Gasteiger partial charge on any atom is 0.416 e. The van der Waals surface area contributed by atoms with E-state index in [1.54, 1.807) is 55.5 Å². The predicted molar refractivity (Wildman–Crippen MR) is 248 cm³/mol. The summed E-state index contributed by atoms with van der Waals surface area (Å²) in [5.74, 6) is 0. The highest BCUT2D eigenvalue weighted by atomic mass is 19.4. The van der Waals surface area contributed by atoms with Gasteiger partial charge >= 0.3 is 6.18 Å². The molecule has 7 nitrogen and oxygen atoms in total. The van der Waals surface area contributed by atoms with E-state index in [1.165, 1.54) is 6.07 Å². The molecule has 0 saturated carbocycles. The standard InChI is InChI=1S/C55H28F3N7/c1-32-22-38(55(56,57)58)15-20-40(32)54-52(64-48-10-6-4-8-43(48)45-18-13-35(26-50(45)64)41-17-12-33(29-59)23-37(41)31-61)24-34(30-60)25-53(54)65-49-11-7-5-9-44(49)46-19-14-36(27-51(46)65)42-21-16-39(62-2)28-47(42)63-3/h4-28H,1H3. The Labute approximate surface area is 370 Å². The van der Waals surface area contributed by atoms with Gasteiger partial charge in [-0.15, -0.1) is 0 Å². The molecule has 0 aliphatic rings. The fourth-order valence-corrected chi connectivity index (χ4v) is 9.10. The number of nitrogens with zero attached hydrogens (tertiary/aromatic N) is 7. The van der Waals surface area contributed by atoms with E-state index in [4.69, 9.17) is 13.1 Å². The Morgan fingerprint density at radius 1 is 0.508 bits per heavy atom. The minimum atomic E-state index is -4.60. The van der Waals surface area contributed by atoms with Gasteiger partial charge in [0.15, 0.2) is 11.4 Å². The Morgan fingerprint density at radius 2 is 1.06 bits per heavy atom. The highest BCUT2D eigenvalue weighted by Gasteiger charge is 2.32. The fourth-order valence-electron chi connectivity index (χ4n) is 9.10. The van der Waals surface area contributed by atoms with Crippen molar-refractivity contribution in [3.05, 3.63) is 202 Å². The van der Waals surface area contributed by atoms with Crippen LogP contribution in [0.2, 0.25) is 0 Å². The lowest BCUT2D eigenvalue weighted by atomic mass is 9.93. The van der Waals surface area contributed by atoms with E-state index in [1.807, 2.05) is 94.1 Å². The maximum atomic E-state index is 14.3. The number of rotatable bonds is 5. The molecule has 2 aromatic heterocycles. The molecule has 0 saturated heterocycles. The zero-order valence-corrected chi connectivity index (χ0v) is 34.2. The zero-order valence-electron chi connectivity index (χ0n) is 34.2. The third-order valence-electron chi connectivity index (χ3n) is 12.0. The lowest BCUT2D eigenvalue weighted by molar-refractivity contribution is -0.137. The minimum Gasteiger partial charge on any atom is -0.308 e. The number of alkyl halides is 3. The molecule has 0 bridgehead atoms. The lowest BCUT2D eigenvalue weighted by Crippen LogP contribution is -2.08. The molecule has 304 valence electrons. The Bertz CT molecular complexity index is 3690. The number of para-hydroxylation sites is 2. The van der Waals surface area contributed by atoms with Gasteiger partial charge in [0.1, 0.15) is 0 Å². The minimum absolute atomic E-state index is 0.288. The molecule has 0 atom stereocenters. The van der Waals surface area contributed by atoms with E-state index in [0.717, 1.165) is 50.2 Å². The number of benzene rings is 8. The summed E-state index contributed by atoms with van der Waals surface area (Å²) in [6.45, 7) is 17.1. The van der Waals surface area contributed by atoms with Crippen LogP contribution in [-0.2, 0) is 6.18 Å². The molecule has 2 heterocycles. The van der Waals surface area contributed by atoms with E-state index in [2.05, 4.69) is 27.9 Å². The van der Waals surface area contributed by atoms with E-state index in [-0.39, 0.29) is 5.56 Å². The van der Waals surface area contributed by atoms with Crippen molar-refractivity contribution >= 4 is 55.0 Å². The number of halogens is 3. The summed E-state index contributed by atoms with van der Waals surface area (Å²) in [5, 5.41) is 34.1. The molecular weight excluding hydrogens is 816 g/mol. The first kappa shape index (κ1) is 39.7. The molecule has 0 aliphatic heterocycles. The van der Waals surface area contributed by atoms with Crippen molar-refractivity contribution in [2.75, 3.05) is 0 Å². The summed E-state index contributed by atoms with van der Waals surface area (Å²) in [6.07, 6.45) is -4.60. The van der Waals surface area contributed by atoms with Gasteiger partial charge < -0.3 is 9.13 Å². The largest absolute Gasteiger partial charge is 0.416 e. The smallest absolute Gasteiger partial charge is 0.308 e. The van der Waals surface area contributed by atoms with Crippen LogP contribution in [0.3, 0.4) is 0 Å². The molecule has 10 aromatic rings. The van der Waals surface area contributed by atoms with E-state index >= 15 is 0 Å². The molecule has 10 rings (SSSR count). The first-order valence-corrected chi connectivity index (χ1v) is 20.2. The second-order valence-electron chi connectivity index (χ2n) is 15.6. The highest BCUT2D eigenvalue weighted by molar-refractivity contribution is 6.13. The van der Waals surface area contributed by atoms with Crippen LogP contribution in [0.15, 0.2) is 152 Å². The number of aryl methyl sites for hydroxylation is 1. The van der Waals surface area contributed by atoms with Gasteiger partial charge in [0.05, 0.1) is 87.0 Å². The topological polar surface area (TPSA) is 90.0 Å². The van der Waals surface area contributed by atoms with E-state index in [0.29, 0.717) is 78.3 Å². The second kappa shape index (κ2) is 15.2. The molecule has 8 aromatic carbocycles. The predicted octanol–water partition coefficient (Wildman–Crippen LogP) is 14.9.